The van der Waals surface area contributed by atoms with E-state index in [1.54, 1.807) is 0 Å². The van der Waals surface area contributed by atoms with Crippen molar-refractivity contribution in [3.63, 3.8) is 0 Å². The molecule has 104 valence electrons. The first-order chi connectivity index (χ1) is 9.63. The number of aryl methyl sites for hydroxylation is 2. The molecule has 1 atom stereocenters. The summed E-state index contributed by atoms with van der Waals surface area (Å²) in [4.78, 5) is 0. The molecule has 0 saturated heterocycles. The highest BCUT2D eigenvalue weighted by molar-refractivity contribution is 5.53. The van der Waals surface area contributed by atoms with Gasteiger partial charge in [-0.25, -0.2) is 0 Å². The predicted molar refractivity (Wildman–Crippen MR) is 80.4 cm³/mol. The van der Waals surface area contributed by atoms with Crippen LogP contribution in [0, 0.1) is 13.8 Å². The number of rotatable bonds is 3. The summed E-state index contributed by atoms with van der Waals surface area (Å²) >= 11 is 0. The van der Waals surface area contributed by atoms with Crippen molar-refractivity contribution in [2.45, 2.75) is 26.4 Å². The van der Waals surface area contributed by atoms with Crippen molar-refractivity contribution in [1.29, 1.82) is 0 Å². The van der Waals surface area contributed by atoms with Gasteiger partial charge in [-0.15, -0.1) is 0 Å². The minimum absolute atomic E-state index is 0.0876. The van der Waals surface area contributed by atoms with E-state index in [2.05, 4.69) is 6.07 Å². The number of ether oxygens (including phenoxy) is 2. The van der Waals surface area contributed by atoms with Crippen molar-refractivity contribution in [3.05, 3.63) is 53.1 Å². The molecule has 20 heavy (non-hydrogen) atoms. The first-order valence-corrected chi connectivity index (χ1v) is 6.87. The molecule has 2 N–H and O–H groups in total. The average molecular weight is 269 g/mol. The average Bonchev–Trinajstić information content (AvgIpc) is 2.84. The van der Waals surface area contributed by atoms with Gasteiger partial charge in [0.05, 0.1) is 0 Å². The fourth-order valence-electron chi connectivity index (χ4n) is 2.50. The number of fused-ring (bicyclic) bond motifs is 1. The van der Waals surface area contributed by atoms with Gasteiger partial charge in [0.25, 0.3) is 0 Å². The van der Waals surface area contributed by atoms with Gasteiger partial charge in [0.1, 0.15) is 24.2 Å². The maximum absolute atomic E-state index is 5.91. The smallest absolute Gasteiger partial charge is 0.137 e. The molecule has 0 bridgehead atoms. The normalized spacial score (nSPS) is 16.6. The monoisotopic (exact) mass is 269 g/mol. The van der Waals surface area contributed by atoms with Gasteiger partial charge in [-0.3, -0.25) is 0 Å². The van der Waals surface area contributed by atoms with E-state index in [0.717, 1.165) is 34.7 Å². The van der Waals surface area contributed by atoms with Crippen LogP contribution in [-0.4, -0.2) is 12.7 Å². The van der Waals surface area contributed by atoms with Crippen LogP contribution in [0.2, 0.25) is 0 Å². The van der Waals surface area contributed by atoms with Crippen molar-refractivity contribution in [1.82, 2.24) is 0 Å². The van der Waals surface area contributed by atoms with E-state index >= 15 is 0 Å². The van der Waals surface area contributed by atoms with Crippen LogP contribution in [0.1, 0.15) is 16.7 Å². The number of para-hydroxylation sites is 1. The molecule has 1 aliphatic heterocycles. The Balaban J connectivity index is 1.66. The van der Waals surface area contributed by atoms with Gasteiger partial charge in [0.15, 0.2) is 0 Å². The SMILES string of the molecule is Cc1cc(OCC2Cc3ccccc3O2)c(C)cc1N. The zero-order valence-electron chi connectivity index (χ0n) is 11.8. The molecule has 1 unspecified atom stereocenters. The van der Waals surface area contributed by atoms with Crippen LogP contribution < -0.4 is 15.2 Å². The molecule has 0 aromatic heterocycles. The number of hydrogen-bond donors (Lipinski definition) is 1. The summed E-state index contributed by atoms with van der Waals surface area (Å²) in [6, 6.07) is 12.1. The summed E-state index contributed by atoms with van der Waals surface area (Å²) in [6.45, 7) is 4.55. The number of nitrogen functional groups attached to an aromatic ring is 1. The van der Waals surface area contributed by atoms with Crippen molar-refractivity contribution < 1.29 is 9.47 Å². The van der Waals surface area contributed by atoms with Gasteiger partial charge >= 0.3 is 0 Å². The van der Waals surface area contributed by atoms with E-state index in [-0.39, 0.29) is 6.10 Å². The highest BCUT2D eigenvalue weighted by Crippen LogP contribution is 2.29. The van der Waals surface area contributed by atoms with E-state index in [9.17, 15) is 0 Å². The van der Waals surface area contributed by atoms with Gasteiger partial charge in [0, 0.05) is 12.1 Å². The first kappa shape index (κ1) is 12.9. The highest BCUT2D eigenvalue weighted by atomic mass is 16.5. The number of benzene rings is 2. The largest absolute Gasteiger partial charge is 0.489 e. The van der Waals surface area contributed by atoms with Gasteiger partial charge in [-0.05, 0) is 48.7 Å². The second-order valence-corrected chi connectivity index (χ2v) is 5.34. The second-order valence-electron chi connectivity index (χ2n) is 5.34. The summed E-state index contributed by atoms with van der Waals surface area (Å²) in [6.07, 6.45) is 0.994. The summed E-state index contributed by atoms with van der Waals surface area (Å²) in [5, 5.41) is 0. The Hall–Kier alpha value is -2.16. The molecular weight excluding hydrogens is 250 g/mol. The minimum Gasteiger partial charge on any atom is -0.489 e. The van der Waals surface area contributed by atoms with Crippen molar-refractivity contribution in [2.24, 2.45) is 0 Å². The molecule has 1 heterocycles. The molecule has 2 aromatic rings. The zero-order chi connectivity index (χ0) is 14.1. The van der Waals surface area contributed by atoms with Crippen LogP contribution in [0.5, 0.6) is 11.5 Å². The van der Waals surface area contributed by atoms with Crippen molar-refractivity contribution in [3.8, 4) is 11.5 Å². The molecule has 0 fully saturated rings. The van der Waals surface area contributed by atoms with E-state index < -0.39 is 0 Å². The number of nitrogens with two attached hydrogens (primary N) is 1. The topological polar surface area (TPSA) is 44.5 Å². The van der Waals surface area contributed by atoms with Crippen molar-refractivity contribution in [2.75, 3.05) is 12.3 Å². The molecule has 3 heteroatoms. The van der Waals surface area contributed by atoms with E-state index in [1.807, 2.05) is 44.2 Å². The molecule has 0 saturated carbocycles. The lowest BCUT2D eigenvalue weighted by Crippen LogP contribution is -2.22. The molecule has 3 rings (SSSR count). The van der Waals surface area contributed by atoms with E-state index in [4.69, 9.17) is 15.2 Å². The molecule has 0 radical (unpaired) electrons. The molecule has 0 amide bonds. The third-order valence-corrected chi connectivity index (χ3v) is 3.70. The summed E-state index contributed by atoms with van der Waals surface area (Å²) < 4.78 is 11.8. The van der Waals surface area contributed by atoms with Gasteiger partial charge < -0.3 is 15.2 Å². The lowest BCUT2D eigenvalue weighted by atomic mass is 10.1. The Morgan fingerprint density at radius 1 is 1.20 bits per heavy atom. The van der Waals surface area contributed by atoms with Gasteiger partial charge in [-0.1, -0.05) is 18.2 Å². The Bertz CT molecular complexity index is 612. The Kier molecular flexibility index (Phi) is 3.26. The van der Waals surface area contributed by atoms with E-state index in [1.165, 1.54) is 5.56 Å². The van der Waals surface area contributed by atoms with Crippen LogP contribution in [0.25, 0.3) is 0 Å². The van der Waals surface area contributed by atoms with Crippen LogP contribution in [0.4, 0.5) is 5.69 Å². The molecular formula is C17H19NO2. The predicted octanol–water partition coefficient (Wildman–Crippen LogP) is 3.27. The summed E-state index contributed by atoms with van der Waals surface area (Å²) in [5.41, 5.74) is 10.0. The maximum atomic E-state index is 5.91. The van der Waals surface area contributed by atoms with E-state index in [0.29, 0.717) is 6.61 Å². The molecule has 2 aromatic carbocycles. The lowest BCUT2D eigenvalue weighted by Gasteiger charge is -2.15. The van der Waals surface area contributed by atoms with Crippen LogP contribution in [0.3, 0.4) is 0 Å². The Morgan fingerprint density at radius 2 is 2.00 bits per heavy atom. The molecule has 3 nitrogen and oxygen atoms in total. The highest BCUT2D eigenvalue weighted by Gasteiger charge is 2.23. The lowest BCUT2D eigenvalue weighted by molar-refractivity contribution is 0.148. The quantitative estimate of drug-likeness (QED) is 0.870. The van der Waals surface area contributed by atoms with Crippen LogP contribution in [-0.2, 0) is 6.42 Å². The summed E-state index contributed by atoms with van der Waals surface area (Å²) in [7, 11) is 0. The standard InChI is InChI=1S/C17H19NO2/c1-11-8-17(12(2)7-15(11)18)19-10-14-9-13-5-3-4-6-16(13)20-14/h3-8,14H,9-10,18H2,1-2H3. The molecule has 0 spiro atoms. The van der Waals surface area contributed by atoms with Crippen molar-refractivity contribution >= 4 is 5.69 Å². The number of hydrogen-bond acceptors (Lipinski definition) is 3. The minimum atomic E-state index is 0.0876. The van der Waals surface area contributed by atoms with Crippen LogP contribution >= 0.6 is 0 Å². The molecule has 0 aliphatic carbocycles. The second kappa shape index (κ2) is 5.08. The Labute approximate surface area is 119 Å². The van der Waals surface area contributed by atoms with Gasteiger partial charge in [-0.2, -0.15) is 0 Å². The fraction of sp³-hybridized carbons (Fsp3) is 0.294. The zero-order valence-corrected chi connectivity index (χ0v) is 11.8. The summed E-state index contributed by atoms with van der Waals surface area (Å²) in [5.74, 6) is 1.86. The van der Waals surface area contributed by atoms with Gasteiger partial charge in [0.2, 0.25) is 0 Å². The maximum Gasteiger partial charge on any atom is 0.137 e. The first-order valence-electron chi connectivity index (χ1n) is 6.87. The fourth-order valence-corrected chi connectivity index (χ4v) is 2.50. The third kappa shape index (κ3) is 2.44. The third-order valence-electron chi connectivity index (χ3n) is 3.70. The number of anilines is 1. The van der Waals surface area contributed by atoms with Crippen LogP contribution in [0.15, 0.2) is 36.4 Å². The molecule has 1 aliphatic rings. The Morgan fingerprint density at radius 3 is 2.80 bits per heavy atom.